The van der Waals surface area contributed by atoms with Gasteiger partial charge >= 0.3 is 0 Å². The number of anilines is 3. The van der Waals surface area contributed by atoms with E-state index < -0.39 is 0 Å². The Balaban J connectivity index is 2.43. The number of hydrogen-bond acceptors (Lipinski definition) is 6. The van der Waals surface area contributed by atoms with E-state index in [-0.39, 0.29) is 11.8 Å². The zero-order chi connectivity index (χ0) is 13.1. The molecule has 1 aromatic carbocycles. The summed E-state index contributed by atoms with van der Waals surface area (Å²) in [6, 6.07) is 9.01. The van der Waals surface area contributed by atoms with Crippen LogP contribution in [0.2, 0.25) is 5.02 Å². The van der Waals surface area contributed by atoms with Crippen LogP contribution < -0.4 is 10.6 Å². The van der Waals surface area contributed by atoms with Gasteiger partial charge in [0, 0.05) is 17.8 Å². The molecule has 0 aliphatic heterocycles. The summed E-state index contributed by atoms with van der Waals surface area (Å²) >= 11 is 5.91. The van der Waals surface area contributed by atoms with Gasteiger partial charge in [-0.3, -0.25) is 0 Å². The number of nitrogens with two attached hydrogens (primary N) is 1. The summed E-state index contributed by atoms with van der Waals surface area (Å²) in [7, 11) is 1.75. The topological polar surface area (TPSA) is 91.7 Å². The van der Waals surface area contributed by atoms with Crippen molar-refractivity contribution in [3.8, 4) is 6.07 Å². The number of nitrogen functional groups attached to an aromatic ring is 1. The Morgan fingerprint density at radius 2 is 2.11 bits per heavy atom. The summed E-state index contributed by atoms with van der Waals surface area (Å²) in [5, 5.41) is 9.38. The molecule has 6 nitrogen and oxygen atoms in total. The second-order valence-corrected chi connectivity index (χ2v) is 3.90. The minimum Gasteiger partial charge on any atom is -0.368 e. The van der Waals surface area contributed by atoms with E-state index in [4.69, 9.17) is 22.6 Å². The third-order valence-corrected chi connectivity index (χ3v) is 2.47. The fraction of sp³-hybridized carbons (Fsp3) is 0.0909. The van der Waals surface area contributed by atoms with Crippen molar-refractivity contribution in [3.05, 3.63) is 35.1 Å². The molecule has 2 N–H and O–H groups in total. The van der Waals surface area contributed by atoms with Crippen LogP contribution in [-0.2, 0) is 0 Å². The highest BCUT2D eigenvalue weighted by Crippen LogP contribution is 2.23. The number of aromatic nitrogens is 3. The van der Waals surface area contributed by atoms with Crippen molar-refractivity contribution in [1.82, 2.24) is 15.0 Å². The van der Waals surface area contributed by atoms with Crippen molar-refractivity contribution in [2.75, 3.05) is 17.7 Å². The molecule has 18 heavy (non-hydrogen) atoms. The van der Waals surface area contributed by atoms with Crippen molar-refractivity contribution in [1.29, 1.82) is 5.26 Å². The zero-order valence-electron chi connectivity index (χ0n) is 9.50. The Kier molecular flexibility index (Phi) is 3.26. The van der Waals surface area contributed by atoms with E-state index in [2.05, 4.69) is 15.0 Å². The average Bonchev–Trinajstić information content (AvgIpc) is 2.37. The smallest absolute Gasteiger partial charge is 0.238 e. The van der Waals surface area contributed by atoms with Gasteiger partial charge in [-0.1, -0.05) is 17.7 Å². The molecule has 2 rings (SSSR count). The van der Waals surface area contributed by atoms with Gasteiger partial charge in [-0.25, -0.2) is 0 Å². The van der Waals surface area contributed by atoms with Crippen LogP contribution in [-0.4, -0.2) is 22.0 Å². The molecule has 0 bridgehead atoms. The van der Waals surface area contributed by atoms with Crippen LogP contribution in [0.4, 0.5) is 17.6 Å². The molecule has 0 saturated heterocycles. The number of hydrogen-bond donors (Lipinski definition) is 1. The third kappa shape index (κ3) is 2.47. The summed E-state index contributed by atoms with van der Waals surface area (Å²) in [6.45, 7) is 0. The lowest BCUT2D eigenvalue weighted by Crippen LogP contribution is -2.15. The Labute approximate surface area is 109 Å². The van der Waals surface area contributed by atoms with Crippen molar-refractivity contribution < 1.29 is 0 Å². The lowest BCUT2D eigenvalue weighted by molar-refractivity contribution is 0.976. The zero-order valence-corrected chi connectivity index (χ0v) is 10.3. The quantitative estimate of drug-likeness (QED) is 0.884. The molecule has 0 aliphatic carbocycles. The Bertz CT molecular complexity index is 621. The van der Waals surface area contributed by atoms with Gasteiger partial charge in [-0.15, -0.1) is 0 Å². The molecule has 90 valence electrons. The van der Waals surface area contributed by atoms with Crippen LogP contribution >= 0.6 is 11.6 Å². The molecule has 7 heteroatoms. The van der Waals surface area contributed by atoms with Crippen molar-refractivity contribution in [2.24, 2.45) is 0 Å². The summed E-state index contributed by atoms with van der Waals surface area (Å²) < 4.78 is 0. The molecule has 2 aromatic rings. The molecule has 0 unspecified atom stereocenters. The first kappa shape index (κ1) is 12.1. The fourth-order valence-corrected chi connectivity index (χ4v) is 1.57. The van der Waals surface area contributed by atoms with E-state index in [0.717, 1.165) is 5.69 Å². The highest BCUT2D eigenvalue weighted by Gasteiger charge is 2.10. The normalized spacial score (nSPS) is 9.83. The lowest BCUT2D eigenvalue weighted by Gasteiger charge is -2.17. The minimum atomic E-state index is -0.0219. The molecule has 1 aromatic heterocycles. The molecule has 0 fully saturated rings. The summed E-state index contributed by atoms with van der Waals surface area (Å²) in [5.41, 5.74) is 6.30. The number of rotatable bonds is 2. The molecule has 0 amide bonds. The number of nitrogens with zero attached hydrogens (tertiary/aromatic N) is 5. The maximum absolute atomic E-state index is 8.78. The van der Waals surface area contributed by atoms with Gasteiger partial charge in [-0.2, -0.15) is 20.2 Å². The second-order valence-electron chi connectivity index (χ2n) is 3.47. The van der Waals surface area contributed by atoms with E-state index in [9.17, 15) is 0 Å². The van der Waals surface area contributed by atoms with Crippen molar-refractivity contribution in [3.63, 3.8) is 0 Å². The van der Waals surface area contributed by atoms with Gasteiger partial charge in [0.15, 0.2) is 0 Å². The summed E-state index contributed by atoms with van der Waals surface area (Å²) in [4.78, 5) is 13.3. The molecule has 0 radical (unpaired) electrons. The maximum atomic E-state index is 8.78. The standard InChI is InChI=1S/C11H9ClN6/c1-18(8-4-2-3-7(12)5-8)11-16-9(6-13)15-10(14)17-11/h2-5H,1H3,(H2,14,15,16,17). The predicted octanol–water partition coefficient (Wildman–Crippen LogP) is 1.75. The van der Waals surface area contributed by atoms with Gasteiger partial charge in [0.1, 0.15) is 6.07 Å². The first-order chi connectivity index (χ1) is 8.60. The van der Waals surface area contributed by atoms with E-state index in [0.29, 0.717) is 11.0 Å². The van der Waals surface area contributed by atoms with Crippen LogP contribution in [0.15, 0.2) is 24.3 Å². The second kappa shape index (κ2) is 4.85. The molecular formula is C11H9ClN6. The maximum Gasteiger partial charge on any atom is 0.238 e. The van der Waals surface area contributed by atoms with Crippen LogP contribution in [0.25, 0.3) is 0 Å². The fourth-order valence-electron chi connectivity index (χ4n) is 1.38. The number of halogens is 1. The Morgan fingerprint density at radius 3 is 2.78 bits per heavy atom. The third-order valence-electron chi connectivity index (χ3n) is 2.24. The van der Waals surface area contributed by atoms with E-state index in [1.54, 1.807) is 24.1 Å². The van der Waals surface area contributed by atoms with Crippen LogP contribution in [0, 0.1) is 11.3 Å². The van der Waals surface area contributed by atoms with E-state index in [1.807, 2.05) is 18.2 Å². The highest BCUT2D eigenvalue weighted by atomic mass is 35.5. The first-order valence-corrected chi connectivity index (χ1v) is 5.39. The molecule has 0 spiro atoms. The van der Waals surface area contributed by atoms with Crippen molar-refractivity contribution >= 4 is 29.2 Å². The predicted molar refractivity (Wildman–Crippen MR) is 68.5 cm³/mol. The minimum absolute atomic E-state index is 0.00503. The van der Waals surface area contributed by atoms with Gasteiger partial charge in [0.25, 0.3) is 0 Å². The van der Waals surface area contributed by atoms with E-state index >= 15 is 0 Å². The van der Waals surface area contributed by atoms with Gasteiger partial charge < -0.3 is 10.6 Å². The van der Waals surface area contributed by atoms with Gasteiger partial charge in [0.05, 0.1) is 0 Å². The Morgan fingerprint density at radius 1 is 1.33 bits per heavy atom. The molecule has 0 atom stereocenters. The molecule has 1 heterocycles. The van der Waals surface area contributed by atoms with Gasteiger partial charge in [0.2, 0.25) is 17.7 Å². The SMILES string of the molecule is CN(c1cccc(Cl)c1)c1nc(N)nc(C#N)n1. The van der Waals surface area contributed by atoms with E-state index in [1.165, 1.54) is 0 Å². The first-order valence-electron chi connectivity index (χ1n) is 5.01. The monoisotopic (exact) mass is 260 g/mol. The van der Waals surface area contributed by atoms with Crippen molar-refractivity contribution in [2.45, 2.75) is 0 Å². The molecule has 0 aliphatic rings. The molecular weight excluding hydrogens is 252 g/mol. The Hall–Kier alpha value is -2.39. The number of benzene rings is 1. The number of nitriles is 1. The van der Waals surface area contributed by atoms with Crippen LogP contribution in [0.1, 0.15) is 5.82 Å². The largest absolute Gasteiger partial charge is 0.368 e. The highest BCUT2D eigenvalue weighted by molar-refractivity contribution is 6.30. The molecule has 0 saturated carbocycles. The average molecular weight is 261 g/mol. The van der Waals surface area contributed by atoms with Crippen LogP contribution in [0.5, 0.6) is 0 Å². The van der Waals surface area contributed by atoms with Gasteiger partial charge in [-0.05, 0) is 18.2 Å². The summed E-state index contributed by atoms with van der Waals surface area (Å²) in [5.74, 6) is 0.276. The lowest BCUT2D eigenvalue weighted by atomic mass is 10.3. The van der Waals surface area contributed by atoms with Crippen LogP contribution in [0.3, 0.4) is 0 Å². The summed E-state index contributed by atoms with van der Waals surface area (Å²) in [6.07, 6.45) is 0.